The number of amides is 1. The number of anilines is 1. The fourth-order valence-electron chi connectivity index (χ4n) is 2.26. The fourth-order valence-corrected chi connectivity index (χ4v) is 3.18. The van der Waals surface area contributed by atoms with Gasteiger partial charge in [0.15, 0.2) is 0 Å². The predicted molar refractivity (Wildman–Crippen MR) is 96.1 cm³/mol. The third-order valence-electron chi connectivity index (χ3n) is 3.39. The fraction of sp³-hybridized carbons (Fsp3) is 0.0500. The van der Waals surface area contributed by atoms with Gasteiger partial charge in [0, 0.05) is 15.4 Å². The first-order chi connectivity index (χ1) is 11.2. The molecule has 0 radical (unpaired) electrons. The maximum atomic E-state index is 12.5. The van der Waals surface area contributed by atoms with Crippen LogP contribution in [-0.2, 0) is 0 Å². The van der Waals surface area contributed by atoms with Crippen LogP contribution in [0.25, 0.3) is 0 Å². The second kappa shape index (κ2) is 7.16. The standard InChI is InChI=1S/C20H17NOS/c1-15-8-7-9-16(14-15)20(22)21-18-12-5-6-13-19(18)23-17-10-3-2-4-11-17/h2-14H,1H3,(H,21,22). The number of hydrogen-bond donors (Lipinski definition) is 1. The van der Waals surface area contributed by atoms with E-state index in [1.54, 1.807) is 11.8 Å². The normalized spacial score (nSPS) is 10.3. The Bertz CT molecular complexity index is 815. The highest BCUT2D eigenvalue weighted by molar-refractivity contribution is 7.99. The van der Waals surface area contributed by atoms with Gasteiger partial charge in [0.05, 0.1) is 5.69 Å². The summed E-state index contributed by atoms with van der Waals surface area (Å²) in [5.41, 5.74) is 2.57. The summed E-state index contributed by atoms with van der Waals surface area (Å²) in [6.45, 7) is 1.98. The lowest BCUT2D eigenvalue weighted by Crippen LogP contribution is -2.12. The van der Waals surface area contributed by atoms with E-state index in [0.29, 0.717) is 5.56 Å². The van der Waals surface area contributed by atoms with Crippen molar-refractivity contribution in [1.82, 2.24) is 0 Å². The molecule has 0 saturated carbocycles. The molecule has 23 heavy (non-hydrogen) atoms. The number of para-hydroxylation sites is 1. The number of nitrogens with one attached hydrogen (secondary N) is 1. The van der Waals surface area contributed by atoms with Crippen molar-refractivity contribution in [2.45, 2.75) is 16.7 Å². The summed E-state index contributed by atoms with van der Waals surface area (Å²) in [6, 6.07) is 25.6. The Kier molecular flexibility index (Phi) is 4.79. The van der Waals surface area contributed by atoms with Gasteiger partial charge in [-0.05, 0) is 43.3 Å². The van der Waals surface area contributed by atoms with Crippen LogP contribution in [-0.4, -0.2) is 5.91 Å². The highest BCUT2D eigenvalue weighted by Crippen LogP contribution is 2.33. The summed E-state index contributed by atoms with van der Waals surface area (Å²) >= 11 is 1.64. The Labute approximate surface area is 140 Å². The number of aryl methyl sites for hydroxylation is 1. The van der Waals surface area contributed by atoms with Crippen LogP contribution < -0.4 is 5.32 Å². The van der Waals surface area contributed by atoms with Gasteiger partial charge in [-0.15, -0.1) is 0 Å². The zero-order valence-electron chi connectivity index (χ0n) is 12.8. The van der Waals surface area contributed by atoms with Gasteiger partial charge in [-0.1, -0.05) is 59.8 Å². The van der Waals surface area contributed by atoms with Gasteiger partial charge >= 0.3 is 0 Å². The van der Waals surface area contributed by atoms with Crippen molar-refractivity contribution in [3.8, 4) is 0 Å². The minimum absolute atomic E-state index is 0.0881. The third kappa shape index (κ3) is 4.02. The number of carbonyl (C=O) groups excluding carboxylic acids is 1. The molecule has 0 aromatic heterocycles. The van der Waals surface area contributed by atoms with Gasteiger partial charge in [0.25, 0.3) is 5.91 Å². The molecule has 3 rings (SSSR count). The Balaban J connectivity index is 1.82. The maximum Gasteiger partial charge on any atom is 0.255 e. The molecular formula is C20H17NOS. The minimum atomic E-state index is -0.0881. The second-order valence-corrected chi connectivity index (χ2v) is 6.35. The van der Waals surface area contributed by atoms with Crippen LogP contribution in [0.15, 0.2) is 88.7 Å². The number of rotatable bonds is 4. The molecule has 3 heteroatoms. The first-order valence-electron chi connectivity index (χ1n) is 7.42. The van der Waals surface area contributed by atoms with Crippen molar-refractivity contribution in [2.24, 2.45) is 0 Å². The summed E-state index contributed by atoms with van der Waals surface area (Å²) in [7, 11) is 0. The number of hydrogen-bond acceptors (Lipinski definition) is 2. The molecule has 0 saturated heterocycles. The van der Waals surface area contributed by atoms with Gasteiger partial charge in [0.1, 0.15) is 0 Å². The summed E-state index contributed by atoms with van der Waals surface area (Å²) in [5.74, 6) is -0.0881. The average Bonchev–Trinajstić information content (AvgIpc) is 2.57. The first-order valence-corrected chi connectivity index (χ1v) is 8.24. The highest BCUT2D eigenvalue weighted by Gasteiger charge is 2.09. The van der Waals surface area contributed by atoms with Crippen LogP contribution in [0.5, 0.6) is 0 Å². The van der Waals surface area contributed by atoms with Gasteiger partial charge in [0.2, 0.25) is 0 Å². The van der Waals surface area contributed by atoms with E-state index in [0.717, 1.165) is 21.0 Å². The lowest BCUT2D eigenvalue weighted by molar-refractivity contribution is 0.102. The summed E-state index contributed by atoms with van der Waals surface area (Å²) < 4.78 is 0. The van der Waals surface area contributed by atoms with E-state index < -0.39 is 0 Å². The molecule has 2 nitrogen and oxygen atoms in total. The van der Waals surface area contributed by atoms with Crippen molar-refractivity contribution in [1.29, 1.82) is 0 Å². The molecule has 0 unspecified atom stereocenters. The lowest BCUT2D eigenvalue weighted by atomic mass is 10.1. The Hall–Kier alpha value is -2.52. The molecule has 1 N–H and O–H groups in total. The predicted octanol–water partition coefficient (Wildman–Crippen LogP) is 5.40. The molecule has 3 aromatic rings. The first kappa shape index (κ1) is 15.4. The van der Waals surface area contributed by atoms with Crippen molar-refractivity contribution < 1.29 is 4.79 Å². The van der Waals surface area contributed by atoms with Crippen molar-refractivity contribution in [2.75, 3.05) is 5.32 Å². The SMILES string of the molecule is Cc1cccc(C(=O)Nc2ccccc2Sc2ccccc2)c1. The van der Waals surface area contributed by atoms with Gasteiger partial charge < -0.3 is 5.32 Å². The molecule has 3 aromatic carbocycles. The smallest absolute Gasteiger partial charge is 0.255 e. The Morgan fingerprint density at radius 3 is 2.39 bits per heavy atom. The summed E-state index contributed by atoms with van der Waals surface area (Å²) in [4.78, 5) is 14.6. The molecule has 0 bridgehead atoms. The van der Waals surface area contributed by atoms with E-state index in [-0.39, 0.29) is 5.91 Å². The molecule has 0 aliphatic rings. The van der Waals surface area contributed by atoms with Crippen LogP contribution in [0.2, 0.25) is 0 Å². The van der Waals surface area contributed by atoms with Crippen LogP contribution in [0.4, 0.5) is 5.69 Å². The molecule has 114 valence electrons. The summed E-state index contributed by atoms with van der Waals surface area (Å²) in [6.07, 6.45) is 0. The minimum Gasteiger partial charge on any atom is -0.321 e. The highest BCUT2D eigenvalue weighted by atomic mass is 32.2. The second-order valence-electron chi connectivity index (χ2n) is 5.23. The molecule has 0 aliphatic carbocycles. The third-order valence-corrected chi connectivity index (χ3v) is 4.47. The molecule has 0 fully saturated rings. The largest absolute Gasteiger partial charge is 0.321 e. The molecule has 0 aliphatic heterocycles. The monoisotopic (exact) mass is 319 g/mol. The molecule has 1 amide bonds. The van der Waals surface area contributed by atoms with Crippen LogP contribution in [0.1, 0.15) is 15.9 Å². The molecule has 0 spiro atoms. The molecule has 0 atom stereocenters. The number of benzene rings is 3. The molecular weight excluding hydrogens is 302 g/mol. The number of carbonyl (C=O) groups is 1. The lowest BCUT2D eigenvalue weighted by Gasteiger charge is -2.11. The molecule has 0 heterocycles. The zero-order chi connectivity index (χ0) is 16.1. The van der Waals surface area contributed by atoms with E-state index in [9.17, 15) is 4.79 Å². The van der Waals surface area contributed by atoms with E-state index in [4.69, 9.17) is 0 Å². The topological polar surface area (TPSA) is 29.1 Å². The average molecular weight is 319 g/mol. The summed E-state index contributed by atoms with van der Waals surface area (Å²) in [5, 5.41) is 3.01. The quantitative estimate of drug-likeness (QED) is 0.697. The van der Waals surface area contributed by atoms with Gasteiger partial charge in [-0.2, -0.15) is 0 Å². The Morgan fingerprint density at radius 1 is 0.870 bits per heavy atom. The van der Waals surface area contributed by atoms with E-state index in [1.807, 2.05) is 73.7 Å². The zero-order valence-corrected chi connectivity index (χ0v) is 13.6. The van der Waals surface area contributed by atoms with Crippen molar-refractivity contribution >= 4 is 23.4 Å². The van der Waals surface area contributed by atoms with Crippen LogP contribution in [0.3, 0.4) is 0 Å². The van der Waals surface area contributed by atoms with E-state index in [1.165, 1.54) is 0 Å². The van der Waals surface area contributed by atoms with Gasteiger partial charge in [-0.3, -0.25) is 4.79 Å². The maximum absolute atomic E-state index is 12.5. The van der Waals surface area contributed by atoms with Crippen LogP contribution in [0, 0.1) is 6.92 Å². The van der Waals surface area contributed by atoms with Gasteiger partial charge in [-0.25, -0.2) is 0 Å². The Morgan fingerprint density at radius 2 is 1.61 bits per heavy atom. The van der Waals surface area contributed by atoms with Crippen molar-refractivity contribution in [3.05, 3.63) is 90.0 Å². The van der Waals surface area contributed by atoms with E-state index in [2.05, 4.69) is 17.4 Å². The van der Waals surface area contributed by atoms with Crippen LogP contribution >= 0.6 is 11.8 Å². The van der Waals surface area contributed by atoms with E-state index >= 15 is 0 Å². The van der Waals surface area contributed by atoms with Crippen molar-refractivity contribution in [3.63, 3.8) is 0 Å².